The van der Waals surface area contributed by atoms with Gasteiger partial charge in [0, 0.05) is 23.0 Å². The van der Waals surface area contributed by atoms with E-state index >= 15 is 0 Å². The van der Waals surface area contributed by atoms with E-state index in [9.17, 15) is 14.0 Å². The van der Waals surface area contributed by atoms with Crippen LogP contribution in [0.1, 0.15) is 23.2 Å². The number of carbonyl (C=O) groups excluding carboxylic acids is 2. The van der Waals surface area contributed by atoms with E-state index in [0.717, 1.165) is 12.8 Å². The summed E-state index contributed by atoms with van der Waals surface area (Å²) in [5.74, 6) is -0.948. The van der Waals surface area contributed by atoms with E-state index < -0.39 is 5.82 Å². The standard InChI is InChI=1S/C18H17ClFN3O2/c19-15-9-13(6-7-16(15)20)21-10-17(24)22-14-3-1-2-11(8-14)18(25)23-12-4-5-12/h1-3,6-9,12,21H,4-5,10H2,(H,22,24)(H,23,25). The van der Waals surface area contributed by atoms with Gasteiger partial charge in [0.05, 0.1) is 11.6 Å². The van der Waals surface area contributed by atoms with Crippen molar-refractivity contribution in [1.29, 1.82) is 0 Å². The third kappa shape index (κ3) is 4.93. The number of hydrogen-bond donors (Lipinski definition) is 3. The minimum absolute atomic E-state index is 0.0134. The molecule has 7 heteroatoms. The number of carbonyl (C=O) groups is 2. The van der Waals surface area contributed by atoms with Gasteiger partial charge in [-0.05, 0) is 49.2 Å². The molecule has 1 fully saturated rings. The zero-order valence-electron chi connectivity index (χ0n) is 13.3. The molecule has 0 bridgehead atoms. The average molecular weight is 362 g/mol. The Bertz CT molecular complexity index is 809. The van der Waals surface area contributed by atoms with Crippen LogP contribution in [0.25, 0.3) is 0 Å². The van der Waals surface area contributed by atoms with Gasteiger partial charge in [-0.15, -0.1) is 0 Å². The lowest BCUT2D eigenvalue weighted by Crippen LogP contribution is -2.26. The van der Waals surface area contributed by atoms with Crippen LogP contribution in [0.5, 0.6) is 0 Å². The first kappa shape index (κ1) is 17.2. The molecule has 3 N–H and O–H groups in total. The van der Waals surface area contributed by atoms with E-state index in [2.05, 4.69) is 16.0 Å². The van der Waals surface area contributed by atoms with Gasteiger partial charge in [-0.1, -0.05) is 17.7 Å². The fraction of sp³-hybridized carbons (Fsp3) is 0.222. The maximum Gasteiger partial charge on any atom is 0.251 e. The topological polar surface area (TPSA) is 70.2 Å². The van der Waals surface area contributed by atoms with Crippen LogP contribution in [0.3, 0.4) is 0 Å². The van der Waals surface area contributed by atoms with Crippen LogP contribution in [0.15, 0.2) is 42.5 Å². The van der Waals surface area contributed by atoms with E-state index in [-0.39, 0.29) is 29.4 Å². The third-order valence-corrected chi connectivity index (χ3v) is 3.98. The Morgan fingerprint density at radius 2 is 1.92 bits per heavy atom. The molecule has 1 aliphatic rings. The van der Waals surface area contributed by atoms with Gasteiger partial charge in [0.1, 0.15) is 5.82 Å². The number of hydrogen-bond acceptors (Lipinski definition) is 3. The van der Waals surface area contributed by atoms with Crippen molar-refractivity contribution in [3.63, 3.8) is 0 Å². The van der Waals surface area contributed by atoms with Gasteiger partial charge in [-0.2, -0.15) is 0 Å². The van der Waals surface area contributed by atoms with Crippen LogP contribution in [0, 0.1) is 5.82 Å². The van der Waals surface area contributed by atoms with Crippen LogP contribution in [-0.2, 0) is 4.79 Å². The smallest absolute Gasteiger partial charge is 0.251 e. The second-order valence-corrected chi connectivity index (χ2v) is 6.27. The fourth-order valence-corrected chi connectivity index (χ4v) is 2.41. The van der Waals surface area contributed by atoms with Crippen molar-refractivity contribution in [2.75, 3.05) is 17.2 Å². The minimum Gasteiger partial charge on any atom is -0.376 e. The van der Waals surface area contributed by atoms with Gasteiger partial charge in [-0.3, -0.25) is 9.59 Å². The van der Waals surface area contributed by atoms with Crippen LogP contribution in [-0.4, -0.2) is 24.4 Å². The SMILES string of the molecule is O=C(CNc1ccc(F)c(Cl)c1)Nc1cccc(C(=O)NC2CC2)c1. The van der Waals surface area contributed by atoms with Crippen molar-refractivity contribution in [2.45, 2.75) is 18.9 Å². The predicted molar refractivity (Wildman–Crippen MR) is 95.5 cm³/mol. The summed E-state index contributed by atoms with van der Waals surface area (Å²) in [5.41, 5.74) is 1.58. The molecule has 0 saturated heterocycles. The molecule has 2 aromatic rings. The maximum atomic E-state index is 13.1. The number of amides is 2. The van der Waals surface area contributed by atoms with Crippen molar-refractivity contribution in [3.8, 4) is 0 Å². The summed E-state index contributed by atoms with van der Waals surface area (Å²) in [6.07, 6.45) is 2.03. The molecule has 5 nitrogen and oxygen atoms in total. The summed E-state index contributed by atoms with van der Waals surface area (Å²) < 4.78 is 13.1. The highest BCUT2D eigenvalue weighted by Gasteiger charge is 2.23. The molecule has 0 unspecified atom stereocenters. The van der Waals surface area contributed by atoms with E-state index in [1.54, 1.807) is 24.3 Å². The second kappa shape index (κ2) is 7.53. The molecule has 0 heterocycles. The maximum absolute atomic E-state index is 13.1. The monoisotopic (exact) mass is 361 g/mol. The van der Waals surface area contributed by atoms with Gasteiger partial charge in [0.2, 0.25) is 5.91 Å². The zero-order valence-corrected chi connectivity index (χ0v) is 14.1. The lowest BCUT2D eigenvalue weighted by Gasteiger charge is -2.10. The minimum atomic E-state index is -0.516. The predicted octanol–water partition coefficient (Wildman–Crippen LogP) is 3.42. The summed E-state index contributed by atoms with van der Waals surface area (Å²) in [4.78, 5) is 24.0. The number of anilines is 2. The largest absolute Gasteiger partial charge is 0.376 e. The molecule has 130 valence electrons. The summed E-state index contributed by atoms with van der Waals surface area (Å²) >= 11 is 5.69. The summed E-state index contributed by atoms with van der Waals surface area (Å²) in [6, 6.07) is 11.2. The highest BCUT2D eigenvalue weighted by Crippen LogP contribution is 2.20. The normalized spacial score (nSPS) is 13.2. The Kier molecular flexibility index (Phi) is 5.19. The van der Waals surface area contributed by atoms with Crippen molar-refractivity contribution in [1.82, 2.24) is 5.32 Å². The first-order chi connectivity index (χ1) is 12.0. The Morgan fingerprint density at radius 3 is 2.64 bits per heavy atom. The average Bonchev–Trinajstić information content (AvgIpc) is 3.40. The Hall–Kier alpha value is -2.60. The molecule has 2 amide bonds. The molecule has 1 aliphatic carbocycles. The van der Waals surface area contributed by atoms with Gasteiger partial charge >= 0.3 is 0 Å². The summed E-state index contributed by atoms with van der Waals surface area (Å²) in [6.45, 7) is -0.0134. The van der Waals surface area contributed by atoms with Gasteiger partial charge in [-0.25, -0.2) is 4.39 Å². The van der Waals surface area contributed by atoms with Crippen LogP contribution in [0.4, 0.5) is 15.8 Å². The van der Waals surface area contributed by atoms with Crippen LogP contribution < -0.4 is 16.0 Å². The van der Waals surface area contributed by atoms with Crippen molar-refractivity contribution in [3.05, 3.63) is 58.9 Å². The Morgan fingerprint density at radius 1 is 1.12 bits per heavy atom. The molecule has 0 radical (unpaired) electrons. The molecule has 1 saturated carbocycles. The van der Waals surface area contributed by atoms with Gasteiger partial charge < -0.3 is 16.0 Å². The number of halogens is 2. The molecule has 0 spiro atoms. The summed E-state index contributed by atoms with van der Waals surface area (Å²) in [5, 5.41) is 8.46. The van der Waals surface area contributed by atoms with Gasteiger partial charge in [0.15, 0.2) is 0 Å². The van der Waals surface area contributed by atoms with Crippen LogP contribution >= 0.6 is 11.6 Å². The zero-order chi connectivity index (χ0) is 17.8. The number of nitrogens with one attached hydrogen (secondary N) is 3. The molecular formula is C18H17ClFN3O2. The fourth-order valence-electron chi connectivity index (χ4n) is 2.23. The number of benzene rings is 2. The second-order valence-electron chi connectivity index (χ2n) is 5.86. The highest BCUT2D eigenvalue weighted by atomic mass is 35.5. The Balaban J connectivity index is 1.55. The van der Waals surface area contributed by atoms with Crippen molar-refractivity contribution >= 4 is 34.8 Å². The quantitative estimate of drug-likeness (QED) is 0.738. The first-order valence-electron chi connectivity index (χ1n) is 7.91. The lowest BCUT2D eigenvalue weighted by molar-refractivity contribution is -0.114. The molecule has 0 aliphatic heterocycles. The van der Waals surface area contributed by atoms with E-state index in [1.807, 2.05) is 0 Å². The molecule has 0 atom stereocenters. The molecule has 25 heavy (non-hydrogen) atoms. The van der Waals surface area contributed by atoms with Crippen molar-refractivity contribution in [2.24, 2.45) is 0 Å². The third-order valence-electron chi connectivity index (χ3n) is 3.69. The molecule has 2 aromatic carbocycles. The van der Waals surface area contributed by atoms with Gasteiger partial charge in [0.25, 0.3) is 5.91 Å². The molecule has 0 aromatic heterocycles. The molecular weight excluding hydrogens is 345 g/mol. The van der Waals surface area contributed by atoms with E-state index in [0.29, 0.717) is 16.9 Å². The number of rotatable bonds is 6. The highest BCUT2D eigenvalue weighted by molar-refractivity contribution is 6.31. The van der Waals surface area contributed by atoms with Crippen LogP contribution in [0.2, 0.25) is 5.02 Å². The Labute approximate surface area is 149 Å². The van der Waals surface area contributed by atoms with E-state index in [1.165, 1.54) is 18.2 Å². The summed E-state index contributed by atoms with van der Waals surface area (Å²) in [7, 11) is 0. The molecule has 3 rings (SSSR count). The van der Waals surface area contributed by atoms with E-state index in [4.69, 9.17) is 11.6 Å². The lowest BCUT2D eigenvalue weighted by atomic mass is 10.2. The first-order valence-corrected chi connectivity index (χ1v) is 8.29. The van der Waals surface area contributed by atoms with Crippen molar-refractivity contribution < 1.29 is 14.0 Å².